The monoisotopic (exact) mass is 339 g/mol. The van der Waals surface area contributed by atoms with E-state index >= 15 is 0 Å². The summed E-state index contributed by atoms with van der Waals surface area (Å²) >= 11 is 0. The van der Waals surface area contributed by atoms with Gasteiger partial charge < -0.3 is 16.8 Å². The van der Waals surface area contributed by atoms with Crippen LogP contribution in [0.5, 0.6) is 0 Å². The highest BCUT2D eigenvalue weighted by Crippen LogP contribution is 2.11. The van der Waals surface area contributed by atoms with Gasteiger partial charge in [-0.2, -0.15) is 0 Å². The van der Waals surface area contributed by atoms with Crippen LogP contribution in [-0.4, -0.2) is 24.5 Å². The Labute approximate surface area is 150 Å². The van der Waals surface area contributed by atoms with Gasteiger partial charge in [0.25, 0.3) is 0 Å². The zero-order chi connectivity index (χ0) is 17.9. The van der Waals surface area contributed by atoms with Crippen molar-refractivity contribution in [3.05, 3.63) is 71.8 Å². The van der Waals surface area contributed by atoms with Crippen molar-refractivity contribution >= 4 is 5.91 Å². The first-order chi connectivity index (χ1) is 12.2. The molecule has 134 valence electrons. The van der Waals surface area contributed by atoms with Gasteiger partial charge >= 0.3 is 0 Å². The largest absolute Gasteiger partial charge is 0.353 e. The maximum atomic E-state index is 12.2. The molecule has 25 heavy (non-hydrogen) atoms. The highest BCUT2D eigenvalue weighted by molar-refractivity contribution is 5.76. The number of nitrogens with one attached hydrogen (secondary N) is 1. The standard InChI is InChI=1S/C21H29N3O/c22-16-19(23)15-21(25)24-20(13-11-17-7-3-1-4-8-17)14-12-18-9-5-2-6-10-18/h1-10,19-20H,11-16,22-23H2,(H,24,25)/t19-/m0/s1. The Morgan fingerprint density at radius 3 is 1.80 bits per heavy atom. The summed E-state index contributed by atoms with van der Waals surface area (Å²) in [4.78, 5) is 12.2. The Bertz CT molecular complexity index is 572. The van der Waals surface area contributed by atoms with Crippen LogP contribution in [0.1, 0.15) is 30.4 Å². The van der Waals surface area contributed by atoms with Gasteiger partial charge in [0.15, 0.2) is 0 Å². The number of rotatable bonds is 10. The molecule has 0 spiro atoms. The summed E-state index contributed by atoms with van der Waals surface area (Å²) in [7, 11) is 0. The van der Waals surface area contributed by atoms with Crippen molar-refractivity contribution < 1.29 is 4.79 Å². The van der Waals surface area contributed by atoms with Crippen molar-refractivity contribution in [2.24, 2.45) is 11.5 Å². The fraction of sp³-hybridized carbons (Fsp3) is 0.381. The molecule has 2 aromatic carbocycles. The number of carbonyl (C=O) groups excluding carboxylic acids is 1. The van der Waals surface area contributed by atoms with Gasteiger partial charge in [0.05, 0.1) is 0 Å². The van der Waals surface area contributed by atoms with E-state index in [2.05, 4.69) is 29.6 Å². The van der Waals surface area contributed by atoms with E-state index in [4.69, 9.17) is 11.5 Å². The zero-order valence-electron chi connectivity index (χ0n) is 14.7. The van der Waals surface area contributed by atoms with E-state index in [1.165, 1.54) is 11.1 Å². The SMILES string of the molecule is NC[C@@H](N)CC(=O)NC(CCc1ccccc1)CCc1ccccc1. The lowest BCUT2D eigenvalue weighted by molar-refractivity contribution is -0.122. The summed E-state index contributed by atoms with van der Waals surface area (Å²) in [5, 5.41) is 3.15. The molecule has 0 aliphatic rings. The van der Waals surface area contributed by atoms with Crippen LogP contribution in [0.2, 0.25) is 0 Å². The maximum Gasteiger partial charge on any atom is 0.221 e. The van der Waals surface area contributed by atoms with E-state index in [9.17, 15) is 4.79 Å². The molecule has 0 fully saturated rings. The Morgan fingerprint density at radius 1 is 0.880 bits per heavy atom. The minimum absolute atomic E-state index is 0.0101. The van der Waals surface area contributed by atoms with Crippen molar-refractivity contribution in [2.75, 3.05) is 6.54 Å². The molecule has 0 saturated heterocycles. The minimum Gasteiger partial charge on any atom is -0.353 e. The zero-order valence-corrected chi connectivity index (χ0v) is 14.7. The number of carbonyl (C=O) groups is 1. The third kappa shape index (κ3) is 7.50. The molecule has 0 aliphatic carbocycles. The number of hydrogen-bond donors (Lipinski definition) is 3. The van der Waals surface area contributed by atoms with Crippen LogP contribution >= 0.6 is 0 Å². The maximum absolute atomic E-state index is 12.2. The number of nitrogens with two attached hydrogens (primary N) is 2. The first kappa shape index (κ1) is 19.2. The van der Waals surface area contributed by atoms with E-state index < -0.39 is 0 Å². The highest BCUT2D eigenvalue weighted by Gasteiger charge is 2.15. The van der Waals surface area contributed by atoms with Crippen LogP contribution < -0.4 is 16.8 Å². The highest BCUT2D eigenvalue weighted by atomic mass is 16.1. The molecule has 4 nitrogen and oxygen atoms in total. The second kappa shape index (κ2) is 10.6. The smallest absolute Gasteiger partial charge is 0.221 e. The van der Waals surface area contributed by atoms with Gasteiger partial charge in [-0.1, -0.05) is 60.7 Å². The van der Waals surface area contributed by atoms with Crippen molar-refractivity contribution in [2.45, 2.75) is 44.2 Å². The lowest BCUT2D eigenvalue weighted by atomic mass is 9.98. The van der Waals surface area contributed by atoms with Crippen LogP contribution in [0.25, 0.3) is 0 Å². The van der Waals surface area contributed by atoms with Crippen LogP contribution in [0.3, 0.4) is 0 Å². The second-order valence-corrected chi connectivity index (χ2v) is 6.51. The molecule has 0 bridgehead atoms. The van der Waals surface area contributed by atoms with Gasteiger partial charge in [0, 0.05) is 25.0 Å². The Hall–Kier alpha value is -2.17. The molecule has 0 saturated carbocycles. The normalized spacial score (nSPS) is 12.1. The number of benzene rings is 2. The van der Waals surface area contributed by atoms with Crippen molar-refractivity contribution in [3.63, 3.8) is 0 Å². The molecular formula is C21H29N3O. The average molecular weight is 339 g/mol. The molecule has 2 rings (SSSR count). The van der Waals surface area contributed by atoms with Crippen LogP contribution in [0.15, 0.2) is 60.7 Å². The molecule has 0 aliphatic heterocycles. The van der Waals surface area contributed by atoms with Gasteiger partial charge in [0.1, 0.15) is 0 Å². The fourth-order valence-electron chi connectivity index (χ4n) is 2.87. The van der Waals surface area contributed by atoms with Crippen molar-refractivity contribution in [1.82, 2.24) is 5.32 Å². The van der Waals surface area contributed by atoms with Crippen LogP contribution in [0, 0.1) is 0 Å². The van der Waals surface area contributed by atoms with Crippen molar-refractivity contribution in [1.29, 1.82) is 0 Å². The number of hydrogen-bond acceptors (Lipinski definition) is 3. The van der Waals surface area contributed by atoms with Gasteiger partial charge in [-0.25, -0.2) is 0 Å². The topological polar surface area (TPSA) is 81.1 Å². The molecule has 4 heteroatoms. The Balaban J connectivity index is 1.91. The summed E-state index contributed by atoms with van der Waals surface area (Å²) in [5.74, 6) is -0.0101. The quantitative estimate of drug-likeness (QED) is 0.622. The molecule has 5 N–H and O–H groups in total. The minimum atomic E-state index is -0.274. The number of aryl methyl sites for hydroxylation is 2. The lowest BCUT2D eigenvalue weighted by Crippen LogP contribution is -2.41. The third-order valence-corrected chi connectivity index (χ3v) is 4.36. The molecule has 0 aromatic heterocycles. The van der Waals surface area contributed by atoms with Gasteiger partial charge in [-0.05, 0) is 36.8 Å². The molecule has 1 amide bonds. The van der Waals surface area contributed by atoms with Crippen LogP contribution in [0.4, 0.5) is 0 Å². The first-order valence-corrected chi connectivity index (χ1v) is 9.00. The Morgan fingerprint density at radius 2 is 1.36 bits per heavy atom. The van der Waals surface area contributed by atoms with Gasteiger partial charge in [-0.3, -0.25) is 4.79 Å². The van der Waals surface area contributed by atoms with Crippen molar-refractivity contribution in [3.8, 4) is 0 Å². The summed E-state index contributed by atoms with van der Waals surface area (Å²) < 4.78 is 0. The molecular weight excluding hydrogens is 310 g/mol. The summed E-state index contributed by atoms with van der Waals surface area (Å²) in [6.45, 7) is 0.326. The predicted octanol–water partition coefficient (Wildman–Crippen LogP) is 2.41. The third-order valence-electron chi connectivity index (χ3n) is 4.36. The van der Waals surface area contributed by atoms with E-state index in [1.54, 1.807) is 0 Å². The Kier molecular flexibility index (Phi) is 8.16. The van der Waals surface area contributed by atoms with E-state index in [1.807, 2.05) is 36.4 Å². The molecule has 0 unspecified atom stereocenters. The predicted molar refractivity (Wildman–Crippen MR) is 103 cm³/mol. The summed E-state index contributed by atoms with van der Waals surface area (Å²) in [6.07, 6.45) is 4.01. The van der Waals surface area contributed by atoms with Gasteiger partial charge in [0.2, 0.25) is 5.91 Å². The molecule has 0 radical (unpaired) electrons. The first-order valence-electron chi connectivity index (χ1n) is 9.00. The van der Waals surface area contributed by atoms with E-state index in [-0.39, 0.29) is 24.4 Å². The van der Waals surface area contributed by atoms with E-state index in [0.717, 1.165) is 25.7 Å². The van der Waals surface area contributed by atoms with Crippen LogP contribution in [-0.2, 0) is 17.6 Å². The van der Waals surface area contributed by atoms with Gasteiger partial charge in [-0.15, -0.1) is 0 Å². The molecule has 2 aromatic rings. The van der Waals surface area contributed by atoms with E-state index in [0.29, 0.717) is 6.54 Å². The second-order valence-electron chi connectivity index (χ2n) is 6.51. The summed E-state index contributed by atoms with van der Waals surface area (Å²) in [5.41, 5.74) is 13.9. The molecule has 0 heterocycles. The molecule has 1 atom stereocenters. The summed E-state index contributed by atoms with van der Waals surface area (Å²) in [6, 6.07) is 20.6. The number of amides is 1. The lowest BCUT2D eigenvalue weighted by Gasteiger charge is -2.20. The fourth-order valence-corrected chi connectivity index (χ4v) is 2.87. The average Bonchev–Trinajstić information content (AvgIpc) is 2.65.